The zero-order chi connectivity index (χ0) is 19.8. The van der Waals surface area contributed by atoms with E-state index >= 15 is 0 Å². The first-order valence-electron chi connectivity index (χ1n) is 9.41. The molecule has 27 heavy (non-hydrogen) atoms. The molecule has 0 radical (unpaired) electrons. The van der Waals surface area contributed by atoms with Crippen molar-refractivity contribution < 1.29 is 9.59 Å². The first kappa shape index (κ1) is 21.0. The summed E-state index contributed by atoms with van der Waals surface area (Å²) in [6.45, 7) is 7.93. The van der Waals surface area contributed by atoms with Crippen molar-refractivity contribution >= 4 is 28.3 Å². The third-order valence-electron chi connectivity index (χ3n) is 4.19. The summed E-state index contributed by atoms with van der Waals surface area (Å²) in [6, 6.07) is 7.38. The van der Waals surface area contributed by atoms with Crippen LogP contribution in [-0.2, 0) is 9.59 Å². The molecule has 0 fully saturated rings. The summed E-state index contributed by atoms with van der Waals surface area (Å²) < 4.78 is 0. The number of carbonyl (C=O) groups is 2. The standard InChI is InChI=1S/C20H28N4O2S/c1-5-6-7-11-16(25)21-17(13(2)3)18(26)22-20-24-23-19(27-20)15-10-8-9-14(4)12-15/h8-10,12-13,17H,5-7,11H2,1-4H3,(H,21,25)(H,22,24,26)/t17-/m0/s1. The summed E-state index contributed by atoms with van der Waals surface area (Å²) in [4.78, 5) is 24.7. The topological polar surface area (TPSA) is 84.0 Å². The number of nitrogens with one attached hydrogen (secondary N) is 2. The van der Waals surface area contributed by atoms with Crippen molar-refractivity contribution in [2.45, 2.75) is 59.4 Å². The van der Waals surface area contributed by atoms with Crippen molar-refractivity contribution in [2.75, 3.05) is 5.32 Å². The predicted molar refractivity (Wildman–Crippen MR) is 110 cm³/mol. The van der Waals surface area contributed by atoms with Crippen LogP contribution in [0.3, 0.4) is 0 Å². The van der Waals surface area contributed by atoms with E-state index in [-0.39, 0.29) is 17.7 Å². The maximum absolute atomic E-state index is 12.6. The molecular formula is C20H28N4O2S. The number of amides is 2. The number of nitrogens with zero attached hydrogens (tertiary/aromatic N) is 2. The molecule has 0 spiro atoms. The normalized spacial score (nSPS) is 12.0. The summed E-state index contributed by atoms with van der Waals surface area (Å²) in [6.07, 6.45) is 3.35. The fourth-order valence-corrected chi connectivity index (χ4v) is 3.41. The molecule has 0 saturated carbocycles. The van der Waals surface area contributed by atoms with Crippen LogP contribution in [0.2, 0.25) is 0 Å². The van der Waals surface area contributed by atoms with E-state index in [2.05, 4.69) is 27.8 Å². The molecule has 146 valence electrons. The van der Waals surface area contributed by atoms with Crippen LogP contribution in [0, 0.1) is 12.8 Å². The average molecular weight is 389 g/mol. The number of carbonyl (C=O) groups excluding carboxylic acids is 2. The number of anilines is 1. The van der Waals surface area contributed by atoms with Crippen molar-refractivity contribution in [1.82, 2.24) is 15.5 Å². The molecule has 1 aromatic carbocycles. The average Bonchev–Trinajstić information content (AvgIpc) is 3.08. The minimum absolute atomic E-state index is 0.0238. The van der Waals surface area contributed by atoms with Crippen LogP contribution < -0.4 is 10.6 Å². The van der Waals surface area contributed by atoms with Gasteiger partial charge in [0.05, 0.1) is 0 Å². The number of unbranched alkanes of at least 4 members (excludes halogenated alkanes) is 2. The summed E-state index contributed by atoms with van der Waals surface area (Å²) in [5, 5.41) is 15.1. The second kappa shape index (κ2) is 10.2. The Morgan fingerprint density at radius 1 is 1.19 bits per heavy atom. The first-order chi connectivity index (χ1) is 12.9. The van der Waals surface area contributed by atoms with Crippen LogP contribution in [0.15, 0.2) is 24.3 Å². The van der Waals surface area contributed by atoms with Crippen molar-refractivity contribution in [3.05, 3.63) is 29.8 Å². The lowest BCUT2D eigenvalue weighted by Crippen LogP contribution is -2.47. The van der Waals surface area contributed by atoms with Gasteiger partial charge in [0.1, 0.15) is 11.0 Å². The Morgan fingerprint density at radius 2 is 1.96 bits per heavy atom. The van der Waals surface area contributed by atoms with E-state index in [9.17, 15) is 9.59 Å². The Balaban J connectivity index is 2.00. The summed E-state index contributed by atoms with van der Waals surface area (Å²) >= 11 is 1.32. The van der Waals surface area contributed by atoms with Gasteiger partial charge in [-0.3, -0.25) is 14.9 Å². The van der Waals surface area contributed by atoms with Gasteiger partial charge in [0.15, 0.2) is 0 Å². The first-order valence-corrected chi connectivity index (χ1v) is 10.2. The highest BCUT2D eigenvalue weighted by molar-refractivity contribution is 7.18. The Kier molecular flexibility index (Phi) is 7.91. The number of hydrogen-bond acceptors (Lipinski definition) is 5. The van der Waals surface area contributed by atoms with E-state index in [1.807, 2.05) is 45.0 Å². The fourth-order valence-electron chi connectivity index (χ4n) is 2.67. The Bertz CT molecular complexity index is 773. The van der Waals surface area contributed by atoms with Gasteiger partial charge in [0.25, 0.3) is 0 Å². The van der Waals surface area contributed by atoms with E-state index in [0.29, 0.717) is 11.6 Å². The number of aromatic nitrogens is 2. The molecule has 1 aromatic heterocycles. The minimum Gasteiger partial charge on any atom is -0.344 e. The van der Waals surface area contributed by atoms with Gasteiger partial charge in [-0.2, -0.15) is 0 Å². The molecule has 0 aliphatic rings. The molecular weight excluding hydrogens is 360 g/mol. The van der Waals surface area contributed by atoms with Gasteiger partial charge in [0.2, 0.25) is 16.9 Å². The SMILES string of the molecule is CCCCCC(=O)N[C@H](C(=O)Nc1nnc(-c2cccc(C)c2)s1)C(C)C. The van der Waals surface area contributed by atoms with Crippen molar-refractivity contribution in [1.29, 1.82) is 0 Å². The van der Waals surface area contributed by atoms with E-state index in [4.69, 9.17) is 0 Å². The van der Waals surface area contributed by atoms with E-state index in [1.54, 1.807) is 0 Å². The highest BCUT2D eigenvalue weighted by Gasteiger charge is 2.25. The zero-order valence-electron chi connectivity index (χ0n) is 16.4. The van der Waals surface area contributed by atoms with E-state index < -0.39 is 6.04 Å². The Labute approximate surface area is 164 Å². The maximum atomic E-state index is 12.6. The van der Waals surface area contributed by atoms with Crippen LogP contribution in [0.5, 0.6) is 0 Å². The maximum Gasteiger partial charge on any atom is 0.249 e. The van der Waals surface area contributed by atoms with Gasteiger partial charge in [-0.05, 0) is 25.3 Å². The third-order valence-corrected chi connectivity index (χ3v) is 5.08. The van der Waals surface area contributed by atoms with Gasteiger partial charge in [0, 0.05) is 12.0 Å². The highest BCUT2D eigenvalue weighted by atomic mass is 32.1. The van der Waals surface area contributed by atoms with Crippen LogP contribution >= 0.6 is 11.3 Å². The molecule has 2 amide bonds. The van der Waals surface area contributed by atoms with Crippen LogP contribution in [-0.4, -0.2) is 28.1 Å². The van der Waals surface area contributed by atoms with Crippen LogP contribution in [0.1, 0.15) is 52.0 Å². The largest absolute Gasteiger partial charge is 0.344 e. The lowest BCUT2D eigenvalue weighted by molar-refractivity contribution is -0.127. The lowest BCUT2D eigenvalue weighted by atomic mass is 10.0. The molecule has 1 heterocycles. The van der Waals surface area contributed by atoms with Crippen molar-refractivity contribution in [3.8, 4) is 10.6 Å². The lowest BCUT2D eigenvalue weighted by Gasteiger charge is -2.21. The predicted octanol–water partition coefficient (Wildman–Crippen LogP) is 4.17. The molecule has 0 saturated heterocycles. The molecule has 2 N–H and O–H groups in total. The molecule has 0 aliphatic carbocycles. The van der Waals surface area contributed by atoms with Gasteiger partial charge in [-0.25, -0.2) is 0 Å². The van der Waals surface area contributed by atoms with E-state index in [1.165, 1.54) is 11.3 Å². The summed E-state index contributed by atoms with van der Waals surface area (Å²) in [5.74, 6) is -0.375. The van der Waals surface area contributed by atoms with Gasteiger partial charge >= 0.3 is 0 Å². The molecule has 0 aliphatic heterocycles. The molecule has 2 rings (SSSR count). The Morgan fingerprint density at radius 3 is 2.63 bits per heavy atom. The number of benzene rings is 1. The van der Waals surface area contributed by atoms with Gasteiger partial charge in [-0.1, -0.05) is 68.7 Å². The fraction of sp³-hybridized carbons (Fsp3) is 0.500. The molecule has 0 bridgehead atoms. The minimum atomic E-state index is -0.592. The highest BCUT2D eigenvalue weighted by Crippen LogP contribution is 2.27. The molecule has 0 unspecified atom stereocenters. The number of hydrogen-bond donors (Lipinski definition) is 2. The summed E-state index contributed by atoms with van der Waals surface area (Å²) in [7, 11) is 0. The van der Waals surface area contributed by atoms with Crippen LogP contribution in [0.4, 0.5) is 5.13 Å². The number of aryl methyl sites for hydroxylation is 1. The third kappa shape index (κ3) is 6.43. The molecule has 7 heteroatoms. The monoisotopic (exact) mass is 388 g/mol. The van der Waals surface area contributed by atoms with Gasteiger partial charge in [-0.15, -0.1) is 10.2 Å². The smallest absolute Gasteiger partial charge is 0.249 e. The quantitative estimate of drug-likeness (QED) is 0.631. The second-order valence-corrected chi connectivity index (χ2v) is 7.99. The Hall–Kier alpha value is -2.28. The molecule has 2 aromatic rings. The van der Waals surface area contributed by atoms with Crippen molar-refractivity contribution in [2.24, 2.45) is 5.92 Å². The van der Waals surface area contributed by atoms with Crippen molar-refractivity contribution in [3.63, 3.8) is 0 Å². The second-order valence-electron chi connectivity index (χ2n) is 7.02. The summed E-state index contributed by atoms with van der Waals surface area (Å²) in [5.41, 5.74) is 2.11. The van der Waals surface area contributed by atoms with Gasteiger partial charge < -0.3 is 5.32 Å². The molecule has 6 nitrogen and oxygen atoms in total. The van der Waals surface area contributed by atoms with E-state index in [0.717, 1.165) is 35.4 Å². The number of rotatable bonds is 9. The zero-order valence-corrected chi connectivity index (χ0v) is 17.2. The van der Waals surface area contributed by atoms with Crippen LogP contribution in [0.25, 0.3) is 10.6 Å². The molecule has 1 atom stereocenters.